The van der Waals surface area contributed by atoms with Crippen molar-refractivity contribution in [3.8, 4) is 22.8 Å². The van der Waals surface area contributed by atoms with Crippen LogP contribution in [0.15, 0.2) is 42.5 Å². The number of amides is 1. The monoisotopic (exact) mass is 481 g/mol. The first kappa shape index (κ1) is 22.7. The molecule has 8 heteroatoms. The fourth-order valence-electron chi connectivity index (χ4n) is 4.80. The number of ether oxygens (including phenoxy) is 3. The highest BCUT2D eigenvalue weighted by molar-refractivity contribution is 6.30. The van der Waals surface area contributed by atoms with E-state index in [9.17, 15) is 4.79 Å². The van der Waals surface area contributed by atoms with Crippen LogP contribution in [-0.4, -0.2) is 53.5 Å². The normalized spacial score (nSPS) is 19.5. The lowest BCUT2D eigenvalue weighted by atomic mass is 9.95. The fraction of sp³-hybridized carbons (Fsp3) is 0.385. The third kappa shape index (κ3) is 4.14. The number of halogens is 1. The molecular formula is C26H28ClN3O4. The van der Waals surface area contributed by atoms with Gasteiger partial charge in [-0.25, -0.2) is 0 Å². The number of rotatable bonds is 8. The minimum atomic E-state index is -0.328. The summed E-state index contributed by atoms with van der Waals surface area (Å²) in [7, 11) is 0. The summed E-state index contributed by atoms with van der Waals surface area (Å²) in [6, 6.07) is 13.1. The zero-order valence-electron chi connectivity index (χ0n) is 19.3. The SMILES string of the molecule is CCOc1ccc(C2c3c(-c4ccc(Cl)cc4)n[nH]c3C(=O)N2CC2CCCO2)cc1OCC. The number of nitrogens with one attached hydrogen (secondary N) is 1. The average Bonchev–Trinajstić information content (AvgIpc) is 3.56. The third-order valence-electron chi connectivity index (χ3n) is 6.29. The summed E-state index contributed by atoms with van der Waals surface area (Å²) in [5, 5.41) is 8.19. The van der Waals surface area contributed by atoms with Gasteiger partial charge in [0, 0.05) is 29.3 Å². The molecule has 1 fully saturated rings. The molecule has 178 valence electrons. The van der Waals surface area contributed by atoms with Gasteiger partial charge in [0.25, 0.3) is 5.91 Å². The van der Waals surface area contributed by atoms with Crippen molar-refractivity contribution >= 4 is 17.5 Å². The molecule has 1 amide bonds. The van der Waals surface area contributed by atoms with Crippen molar-refractivity contribution in [3.05, 3.63) is 64.3 Å². The molecule has 1 aromatic heterocycles. The molecule has 0 bridgehead atoms. The number of aromatic amines is 1. The van der Waals surface area contributed by atoms with Gasteiger partial charge < -0.3 is 19.1 Å². The summed E-state index contributed by atoms with van der Waals surface area (Å²) < 4.78 is 17.5. The van der Waals surface area contributed by atoms with Crippen molar-refractivity contribution in [3.63, 3.8) is 0 Å². The number of benzene rings is 2. The van der Waals surface area contributed by atoms with Crippen LogP contribution in [0.2, 0.25) is 5.02 Å². The smallest absolute Gasteiger partial charge is 0.273 e. The first-order valence-corrected chi connectivity index (χ1v) is 12.1. The van der Waals surface area contributed by atoms with E-state index in [1.165, 1.54) is 0 Å². The van der Waals surface area contributed by atoms with Crippen molar-refractivity contribution in [1.82, 2.24) is 15.1 Å². The molecule has 0 spiro atoms. The number of carbonyl (C=O) groups is 1. The molecule has 3 heterocycles. The summed E-state index contributed by atoms with van der Waals surface area (Å²) in [4.78, 5) is 15.5. The highest BCUT2D eigenvalue weighted by atomic mass is 35.5. The Kier molecular flexibility index (Phi) is 6.48. The first-order chi connectivity index (χ1) is 16.6. The fourth-order valence-corrected chi connectivity index (χ4v) is 4.93. The number of aromatic nitrogens is 2. The Morgan fingerprint density at radius 1 is 1.12 bits per heavy atom. The van der Waals surface area contributed by atoms with E-state index in [0.29, 0.717) is 42.0 Å². The molecule has 2 atom stereocenters. The van der Waals surface area contributed by atoms with Crippen LogP contribution in [0.5, 0.6) is 11.5 Å². The molecule has 5 rings (SSSR count). The van der Waals surface area contributed by atoms with E-state index in [4.69, 9.17) is 25.8 Å². The van der Waals surface area contributed by atoms with Crippen LogP contribution in [0.25, 0.3) is 11.3 Å². The zero-order valence-corrected chi connectivity index (χ0v) is 20.1. The second-order valence-electron chi connectivity index (χ2n) is 8.44. The maximum atomic E-state index is 13.6. The van der Waals surface area contributed by atoms with Crippen LogP contribution >= 0.6 is 11.6 Å². The van der Waals surface area contributed by atoms with E-state index in [-0.39, 0.29) is 18.1 Å². The van der Waals surface area contributed by atoms with Crippen molar-refractivity contribution < 1.29 is 19.0 Å². The lowest BCUT2D eigenvalue weighted by molar-refractivity contribution is 0.0495. The van der Waals surface area contributed by atoms with E-state index in [2.05, 4.69) is 10.2 Å². The van der Waals surface area contributed by atoms with E-state index in [0.717, 1.165) is 41.8 Å². The predicted molar refractivity (Wildman–Crippen MR) is 130 cm³/mol. The van der Waals surface area contributed by atoms with E-state index in [1.807, 2.05) is 61.2 Å². The van der Waals surface area contributed by atoms with Gasteiger partial charge in [0.2, 0.25) is 0 Å². The summed E-state index contributed by atoms with van der Waals surface area (Å²) in [6.45, 7) is 6.19. The van der Waals surface area contributed by atoms with Gasteiger partial charge in [0.15, 0.2) is 11.5 Å². The number of carbonyl (C=O) groups excluding carboxylic acids is 1. The Labute approximate surface area is 204 Å². The van der Waals surface area contributed by atoms with Gasteiger partial charge in [-0.3, -0.25) is 9.89 Å². The van der Waals surface area contributed by atoms with Gasteiger partial charge in [-0.15, -0.1) is 0 Å². The summed E-state index contributed by atoms with van der Waals surface area (Å²) in [5.74, 6) is 1.28. The van der Waals surface area contributed by atoms with Gasteiger partial charge in [-0.1, -0.05) is 29.8 Å². The van der Waals surface area contributed by atoms with Gasteiger partial charge in [-0.2, -0.15) is 5.10 Å². The van der Waals surface area contributed by atoms with Crippen LogP contribution in [0.3, 0.4) is 0 Å². The Balaban J connectivity index is 1.62. The molecule has 7 nitrogen and oxygen atoms in total. The standard InChI is InChI=1S/C26H28ClN3O4/c1-3-32-20-12-9-17(14-21(20)33-4-2)25-22-23(16-7-10-18(27)11-8-16)28-29-24(22)26(31)30(25)15-19-6-5-13-34-19/h7-12,14,19,25H,3-6,13,15H2,1-2H3,(H,28,29). The van der Waals surface area contributed by atoms with E-state index >= 15 is 0 Å². The highest BCUT2D eigenvalue weighted by Gasteiger charge is 2.43. The quantitative estimate of drug-likeness (QED) is 0.475. The molecule has 0 saturated carbocycles. The molecule has 2 aliphatic rings. The largest absolute Gasteiger partial charge is 0.490 e. The maximum Gasteiger partial charge on any atom is 0.273 e. The molecule has 34 heavy (non-hydrogen) atoms. The minimum absolute atomic E-state index is 0.0245. The topological polar surface area (TPSA) is 76.7 Å². The minimum Gasteiger partial charge on any atom is -0.490 e. The van der Waals surface area contributed by atoms with Crippen LogP contribution in [-0.2, 0) is 4.74 Å². The number of hydrogen-bond donors (Lipinski definition) is 1. The summed E-state index contributed by atoms with van der Waals surface area (Å²) in [6.07, 6.45) is 1.98. The Morgan fingerprint density at radius 2 is 1.88 bits per heavy atom. The van der Waals surface area contributed by atoms with E-state index < -0.39 is 0 Å². The first-order valence-electron chi connectivity index (χ1n) is 11.8. The van der Waals surface area contributed by atoms with Gasteiger partial charge in [0.05, 0.1) is 31.1 Å². The number of fused-ring (bicyclic) bond motifs is 1. The van der Waals surface area contributed by atoms with Crippen LogP contribution < -0.4 is 9.47 Å². The van der Waals surface area contributed by atoms with E-state index in [1.54, 1.807) is 0 Å². The molecule has 0 radical (unpaired) electrons. The average molecular weight is 482 g/mol. The Morgan fingerprint density at radius 3 is 2.59 bits per heavy atom. The third-order valence-corrected chi connectivity index (χ3v) is 6.54. The Bertz CT molecular complexity index is 1170. The second kappa shape index (κ2) is 9.68. The lowest BCUT2D eigenvalue weighted by Crippen LogP contribution is -2.36. The molecule has 1 N–H and O–H groups in total. The van der Waals surface area contributed by atoms with Gasteiger partial charge in [-0.05, 0) is 56.5 Å². The maximum absolute atomic E-state index is 13.6. The highest BCUT2D eigenvalue weighted by Crippen LogP contribution is 2.45. The van der Waals surface area contributed by atoms with Crippen LogP contribution in [0.1, 0.15) is 54.3 Å². The van der Waals surface area contributed by atoms with Crippen molar-refractivity contribution in [2.24, 2.45) is 0 Å². The number of H-pyrrole nitrogens is 1. The lowest BCUT2D eigenvalue weighted by Gasteiger charge is -2.29. The Hall–Kier alpha value is -3.03. The second-order valence-corrected chi connectivity index (χ2v) is 8.87. The molecule has 2 unspecified atom stereocenters. The molecule has 3 aromatic rings. The number of nitrogens with zero attached hydrogens (tertiary/aromatic N) is 2. The number of hydrogen-bond acceptors (Lipinski definition) is 5. The molecule has 0 aliphatic carbocycles. The van der Waals surface area contributed by atoms with Crippen molar-refractivity contribution in [2.75, 3.05) is 26.4 Å². The van der Waals surface area contributed by atoms with Crippen LogP contribution in [0.4, 0.5) is 0 Å². The predicted octanol–water partition coefficient (Wildman–Crippen LogP) is 5.25. The van der Waals surface area contributed by atoms with Crippen molar-refractivity contribution in [1.29, 1.82) is 0 Å². The summed E-state index contributed by atoms with van der Waals surface area (Å²) >= 11 is 6.11. The molecule has 2 aromatic carbocycles. The van der Waals surface area contributed by atoms with Crippen molar-refractivity contribution in [2.45, 2.75) is 38.8 Å². The van der Waals surface area contributed by atoms with Gasteiger partial charge in [0.1, 0.15) is 5.69 Å². The summed E-state index contributed by atoms with van der Waals surface area (Å²) in [5.41, 5.74) is 3.95. The van der Waals surface area contributed by atoms with Gasteiger partial charge >= 0.3 is 0 Å². The zero-order chi connectivity index (χ0) is 23.7. The molecular weight excluding hydrogens is 454 g/mol. The molecule has 1 saturated heterocycles. The van der Waals surface area contributed by atoms with Crippen LogP contribution in [0, 0.1) is 0 Å². The molecule has 2 aliphatic heterocycles.